The van der Waals surface area contributed by atoms with E-state index in [0.29, 0.717) is 0 Å². The maximum atomic E-state index is 10.4. The molecule has 54 valence electrons. The first-order valence-corrected chi connectivity index (χ1v) is 4.99. The van der Waals surface area contributed by atoms with Gasteiger partial charge in [0.25, 0.3) is 0 Å². The topological polar surface area (TPSA) is 17.1 Å². The van der Waals surface area contributed by atoms with Crippen molar-refractivity contribution < 1.29 is 4.79 Å². The van der Waals surface area contributed by atoms with E-state index in [2.05, 4.69) is 31.9 Å². The van der Waals surface area contributed by atoms with Crippen LogP contribution in [-0.2, 0) is 4.79 Å². The summed E-state index contributed by atoms with van der Waals surface area (Å²) < 4.78 is 0. The molecule has 0 rings (SSSR count). The minimum absolute atomic E-state index is 0.170. The van der Waals surface area contributed by atoms with Gasteiger partial charge >= 0.3 is 0 Å². The predicted molar refractivity (Wildman–Crippen MR) is 46.6 cm³/mol. The quantitative estimate of drug-likeness (QED) is 0.571. The summed E-state index contributed by atoms with van der Waals surface area (Å²) in [5, 5.41) is 0.607. The van der Waals surface area contributed by atoms with Crippen molar-refractivity contribution >= 4 is 48.7 Å². The van der Waals surface area contributed by atoms with Gasteiger partial charge in [-0.25, -0.2) is 0 Å². The molecule has 0 aromatic carbocycles. The van der Waals surface area contributed by atoms with Gasteiger partial charge in [0.15, 0.2) is 0 Å². The van der Waals surface area contributed by atoms with E-state index in [-0.39, 0.29) is 10.1 Å². The summed E-state index contributed by atoms with van der Waals surface area (Å²) >= 11 is 11.6. The average molecular weight is 278 g/mol. The number of halogens is 3. The summed E-state index contributed by atoms with van der Waals surface area (Å²) in [5.74, 6) is 0. The zero-order valence-corrected chi connectivity index (χ0v) is 8.67. The number of hydrogen-bond donors (Lipinski definition) is 0. The summed E-state index contributed by atoms with van der Waals surface area (Å²) in [7, 11) is 0. The van der Waals surface area contributed by atoms with Gasteiger partial charge in [0.2, 0.25) is 5.24 Å². The Hall–Kier alpha value is 0.920. The highest BCUT2D eigenvalue weighted by atomic mass is 79.9. The van der Waals surface area contributed by atoms with E-state index >= 15 is 0 Å². The van der Waals surface area contributed by atoms with Crippen molar-refractivity contribution in [2.45, 2.75) is 17.7 Å². The first-order chi connectivity index (χ1) is 4.18. The summed E-state index contributed by atoms with van der Waals surface area (Å²) in [6, 6.07) is 0. The van der Waals surface area contributed by atoms with Crippen molar-refractivity contribution in [1.29, 1.82) is 0 Å². The standard InChI is InChI=1S/C5H7Br2ClO/c6-3-1-2-4(7)5(8)9/h4H,1-3H2/t4-/m1/s1. The van der Waals surface area contributed by atoms with Gasteiger partial charge < -0.3 is 0 Å². The van der Waals surface area contributed by atoms with Crippen LogP contribution in [0.25, 0.3) is 0 Å². The van der Waals surface area contributed by atoms with Crippen molar-refractivity contribution in [3.8, 4) is 0 Å². The average Bonchev–Trinajstić information content (AvgIpc) is 1.82. The van der Waals surface area contributed by atoms with Crippen LogP contribution in [0.1, 0.15) is 12.8 Å². The molecule has 1 nitrogen and oxygen atoms in total. The largest absolute Gasteiger partial charge is 0.280 e. The zero-order valence-electron chi connectivity index (χ0n) is 4.74. The van der Waals surface area contributed by atoms with E-state index in [1.165, 1.54) is 0 Å². The Morgan fingerprint density at radius 1 is 1.67 bits per heavy atom. The third-order valence-electron chi connectivity index (χ3n) is 0.837. The van der Waals surface area contributed by atoms with E-state index in [9.17, 15) is 4.79 Å². The minimum Gasteiger partial charge on any atom is -0.280 e. The highest BCUT2D eigenvalue weighted by Gasteiger charge is 2.09. The molecule has 0 bridgehead atoms. The maximum absolute atomic E-state index is 10.4. The predicted octanol–water partition coefficient (Wildman–Crippen LogP) is 2.69. The fourth-order valence-corrected chi connectivity index (χ4v) is 1.13. The summed E-state index contributed by atoms with van der Waals surface area (Å²) in [5.41, 5.74) is 0. The number of alkyl halides is 2. The van der Waals surface area contributed by atoms with Gasteiger partial charge in [-0.15, -0.1) is 0 Å². The van der Waals surface area contributed by atoms with Gasteiger partial charge in [0.05, 0.1) is 4.83 Å². The van der Waals surface area contributed by atoms with Crippen LogP contribution in [0, 0.1) is 0 Å². The third-order valence-corrected chi connectivity index (χ3v) is 2.80. The Bertz CT molecular complexity index is 97.0. The van der Waals surface area contributed by atoms with Gasteiger partial charge in [0, 0.05) is 5.33 Å². The molecular weight excluding hydrogens is 271 g/mol. The molecule has 0 saturated heterocycles. The second-order valence-corrected chi connectivity index (χ2v) is 3.87. The van der Waals surface area contributed by atoms with Crippen molar-refractivity contribution in [2.75, 3.05) is 5.33 Å². The normalized spacial score (nSPS) is 13.2. The number of carbonyl (C=O) groups is 1. The molecule has 9 heavy (non-hydrogen) atoms. The third kappa shape index (κ3) is 5.37. The second-order valence-electron chi connectivity index (χ2n) is 1.60. The van der Waals surface area contributed by atoms with E-state index in [1.54, 1.807) is 0 Å². The van der Waals surface area contributed by atoms with Crippen LogP contribution >= 0.6 is 43.5 Å². The van der Waals surface area contributed by atoms with Crippen LogP contribution in [-0.4, -0.2) is 15.4 Å². The smallest absolute Gasteiger partial charge is 0.235 e. The Kier molecular flexibility index (Phi) is 6.27. The fraction of sp³-hybridized carbons (Fsp3) is 0.800. The van der Waals surface area contributed by atoms with Crippen molar-refractivity contribution in [3.63, 3.8) is 0 Å². The summed E-state index contributed by atoms with van der Waals surface area (Å²) in [6.45, 7) is 0. The highest BCUT2D eigenvalue weighted by molar-refractivity contribution is 9.10. The van der Waals surface area contributed by atoms with Crippen LogP contribution in [0.4, 0.5) is 0 Å². The minimum atomic E-state index is -0.309. The van der Waals surface area contributed by atoms with Crippen molar-refractivity contribution in [2.24, 2.45) is 0 Å². The lowest BCUT2D eigenvalue weighted by molar-refractivity contribution is -0.111. The first-order valence-electron chi connectivity index (χ1n) is 2.58. The Labute approximate surface area is 76.4 Å². The number of carbonyl (C=O) groups excluding carboxylic acids is 1. The molecule has 0 heterocycles. The van der Waals surface area contributed by atoms with Crippen LogP contribution in [0.15, 0.2) is 0 Å². The zero-order chi connectivity index (χ0) is 7.28. The van der Waals surface area contributed by atoms with Crippen molar-refractivity contribution in [1.82, 2.24) is 0 Å². The lowest BCUT2D eigenvalue weighted by Crippen LogP contribution is -2.06. The molecule has 0 aliphatic heterocycles. The molecule has 0 spiro atoms. The van der Waals surface area contributed by atoms with Crippen LogP contribution in [0.5, 0.6) is 0 Å². The van der Waals surface area contributed by atoms with E-state index in [1.807, 2.05) is 0 Å². The van der Waals surface area contributed by atoms with E-state index in [0.717, 1.165) is 18.2 Å². The Morgan fingerprint density at radius 3 is 2.56 bits per heavy atom. The molecule has 0 aromatic rings. The molecule has 0 aliphatic rings. The molecule has 0 amide bonds. The van der Waals surface area contributed by atoms with Crippen LogP contribution in [0.3, 0.4) is 0 Å². The SMILES string of the molecule is O=C(Cl)[C@H](Br)CCCBr. The van der Waals surface area contributed by atoms with Crippen LogP contribution in [0.2, 0.25) is 0 Å². The molecule has 0 unspecified atom stereocenters. The fourth-order valence-electron chi connectivity index (χ4n) is 0.370. The molecule has 0 aromatic heterocycles. The molecule has 0 saturated carbocycles. The number of hydrogen-bond acceptors (Lipinski definition) is 1. The van der Waals surface area contributed by atoms with Gasteiger partial charge in [0.1, 0.15) is 0 Å². The molecule has 0 aliphatic carbocycles. The van der Waals surface area contributed by atoms with Gasteiger partial charge in [-0.05, 0) is 24.4 Å². The van der Waals surface area contributed by atoms with E-state index in [4.69, 9.17) is 11.6 Å². The van der Waals surface area contributed by atoms with Gasteiger partial charge in [-0.2, -0.15) is 0 Å². The summed E-state index contributed by atoms with van der Waals surface area (Å²) in [4.78, 5) is 10.2. The van der Waals surface area contributed by atoms with E-state index < -0.39 is 0 Å². The van der Waals surface area contributed by atoms with Crippen molar-refractivity contribution in [3.05, 3.63) is 0 Å². The van der Waals surface area contributed by atoms with Gasteiger partial charge in [-0.3, -0.25) is 4.79 Å². The maximum Gasteiger partial charge on any atom is 0.235 e. The Balaban J connectivity index is 3.27. The second kappa shape index (κ2) is 5.69. The highest BCUT2D eigenvalue weighted by Crippen LogP contribution is 2.11. The van der Waals surface area contributed by atoms with Crippen LogP contribution < -0.4 is 0 Å². The molecule has 1 atom stereocenters. The monoisotopic (exact) mass is 276 g/mol. The Morgan fingerprint density at radius 2 is 2.22 bits per heavy atom. The lowest BCUT2D eigenvalue weighted by Gasteiger charge is -1.99. The molecular formula is C5H7Br2ClO. The number of rotatable bonds is 4. The summed E-state index contributed by atoms with van der Waals surface area (Å²) in [6.07, 6.45) is 1.77. The molecule has 4 heteroatoms. The molecule has 0 N–H and O–H groups in total. The lowest BCUT2D eigenvalue weighted by atomic mass is 10.3. The first kappa shape index (κ1) is 9.92. The molecule has 0 fully saturated rings. The van der Waals surface area contributed by atoms with Gasteiger partial charge in [-0.1, -0.05) is 31.9 Å². The molecule has 0 radical (unpaired) electrons.